The van der Waals surface area contributed by atoms with Gasteiger partial charge in [-0.15, -0.1) is 0 Å². The molecular formula is C22H37O10Ti. The van der Waals surface area contributed by atoms with Crippen molar-refractivity contribution in [3.05, 3.63) is 0 Å². The van der Waals surface area contributed by atoms with Gasteiger partial charge in [0, 0.05) is 6.61 Å². The van der Waals surface area contributed by atoms with E-state index >= 15 is 0 Å². The zero-order valence-corrected chi connectivity index (χ0v) is 22.0. The molecule has 0 spiro atoms. The van der Waals surface area contributed by atoms with Crippen LogP contribution in [0.25, 0.3) is 0 Å². The van der Waals surface area contributed by atoms with Crippen LogP contribution >= 0.6 is 0 Å². The Labute approximate surface area is 200 Å². The van der Waals surface area contributed by atoms with Crippen LogP contribution in [0.15, 0.2) is 0 Å². The predicted molar refractivity (Wildman–Crippen MR) is 116 cm³/mol. The monoisotopic (exact) mass is 509 g/mol. The molecule has 0 aromatic rings. The summed E-state index contributed by atoms with van der Waals surface area (Å²) < 4.78 is -7.21. The fraction of sp³-hybridized carbons (Fsp3) is 0.727. The third-order valence-electron chi connectivity index (χ3n) is 6.28. The number of rotatable bonds is 14. The van der Waals surface area contributed by atoms with E-state index in [-0.39, 0.29) is 0 Å². The van der Waals surface area contributed by atoms with Gasteiger partial charge in [-0.1, -0.05) is 13.3 Å². The van der Waals surface area contributed by atoms with Crippen molar-refractivity contribution in [2.24, 2.45) is 0 Å². The Kier molecular flexibility index (Phi) is 13.8. The first-order valence-corrected chi connectivity index (χ1v) is 13.2. The van der Waals surface area contributed by atoms with Gasteiger partial charge in [0.25, 0.3) is 0 Å². The summed E-state index contributed by atoms with van der Waals surface area (Å²) >= 11 is -4.59. The van der Waals surface area contributed by atoms with Crippen LogP contribution in [-0.4, -0.2) is 62.3 Å². The number of unbranched alkanes of at least 4 members (excludes halogenated alkanes) is 1. The Morgan fingerprint density at radius 3 is 0.909 bits per heavy atom. The Bertz CT molecular complexity index is 619. The summed E-state index contributed by atoms with van der Waals surface area (Å²) in [5.41, 5.74) is 0. The van der Waals surface area contributed by atoms with Crippen LogP contribution in [-0.2, 0) is 46.6 Å². The zero-order valence-electron chi connectivity index (χ0n) is 20.5. The number of carbonyl (C=O) groups is 6. The molecule has 4 N–H and O–H groups in total. The number of hydrogen-bond donors (Lipinski definition) is 4. The fourth-order valence-electron chi connectivity index (χ4n) is 4.28. The summed E-state index contributed by atoms with van der Waals surface area (Å²) in [6, 6.07) is 0. The fourth-order valence-corrected chi connectivity index (χ4v) is 12.0. The van der Waals surface area contributed by atoms with Gasteiger partial charge in [-0.2, -0.15) is 0 Å². The van der Waals surface area contributed by atoms with Crippen molar-refractivity contribution in [1.29, 1.82) is 0 Å². The summed E-state index contributed by atoms with van der Waals surface area (Å²) in [6.45, 7) is 9.20. The van der Waals surface area contributed by atoms with Crippen molar-refractivity contribution < 1.29 is 67.1 Å². The Morgan fingerprint density at radius 2 is 0.848 bits per heavy atom. The molecule has 0 radical (unpaired) electrons. The van der Waals surface area contributed by atoms with Crippen molar-refractivity contribution in [3.8, 4) is 0 Å². The van der Waals surface area contributed by atoms with Crippen LogP contribution < -0.4 is 0 Å². The molecule has 11 heteroatoms. The molecule has 0 aliphatic carbocycles. The second-order valence-corrected chi connectivity index (χ2v) is 13.0. The van der Waals surface area contributed by atoms with E-state index in [1.807, 2.05) is 0 Å². The summed E-state index contributed by atoms with van der Waals surface area (Å²) in [5.74, 6) is -7.93. The minimum atomic E-state index is -4.59. The minimum absolute atomic E-state index is 0.344. The maximum absolute atomic E-state index is 12.6. The van der Waals surface area contributed by atoms with Crippen molar-refractivity contribution >= 4 is 35.3 Å². The molecule has 189 valence electrons. The van der Waals surface area contributed by atoms with E-state index < -0.39 is 83.6 Å². The van der Waals surface area contributed by atoms with Crippen LogP contribution in [0.1, 0.15) is 80.6 Å². The number of carboxylic acids is 3. The van der Waals surface area contributed by atoms with E-state index in [1.165, 1.54) is 20.8 Å². The number of ketones is 3. The molecule has 0 fully saturated rings. The number of Topliss-reactive ketones (excluding diaryl/α,β-unsaturated/α-hetero) is 3. The molecule has 0 bridgehead atoms. The number of aliphatic carboxylic acids is 3. The predicted octanol–water partition coefficient (Wildman–Crippen LogP) is 3.11. The van der Waals surface area contributed by atoms with Gasteiger partial charge in [-0.3, -0.25) is 0 Å². The molecule has 0 rings (SSSR count). The SMILES string of the molecule is CCCCO.CC[C](C(C)=O)(C(=O)O)[Ti]([C](CC)(C(C)=O)C(=O)O)[C](CC)(C(C)=O)C(=O)O. The van der Waals surface area contributed by atoms with Crippen LogP contribution in [0.3, 0.4) is 0 Å². The Hall–Kier alpha value is -1.91. The molecular weight excluding hydrogens is 472 g/mol. The summed E-state index contributed by atoms with van der Waals surface area (Å²) in [5, 5.41) is 38.1. The molecule has 0 heterocycles. The van der Waals surface area contributed by atoms with Gasteiger partial charge in [0.2, 0.25) is 0 Å². The standard InChI is InChI=1S/3C6H9O3.C4H10O.Ti/c3*1-3-5(4(2)7)6(8)9;1-2-3-4-5;/h3*3H2,1-2H3,(H,8,9);5H,2-4H2,1H3;. The van der Waals surface area contributed by atoms with Gasteiger partial charge in [0.05, 0.1) is 0 Å². The molecule has 3 unspecified atom stereocenters. The normalized spacial score (nSPS) is 16.0. The molecule has 3 atom stereocenters. The van der Waals surface area contributed by atoms with Gasteiger partial charge in [0.1, 0.15) is 0 Å². The first-order valence-electron chi connectivity index (χ1n) is 10.9. The molecule has 0 aromatic carbocycles. The first kappa shape index (κ1) is 33.3. The van der Waals surface area contributed by atoms with Gasteiger partial charge >= 0.3 is 169 Å². The van der Waals surface area contributed by atoms with E-state index in [4.69, 9.17) is 5.11 Å². The summed E-state index contributed by atoms with van der Waals surface area (Å²) in [6.07, 6.45) is 0.781. The van der Waals surface area contributed by atoms with Crippen LogP contribution in [0.5, 0.6) is 0 Å². The van der Waals surface area contributed by atoms with E-state index in [0.29, 0.717) is 6.61 Å². The molecule has 0 saturated carbocycles. The average molecular weight is 509 g/mol. The second-order valence-electron chi connectivity index (χ2n) is 7.81. The van der Waals surface area contributed by atoms with E-state index in [1.54, 1.807) is 0 Å². The van der Waals surface area contributed by atoms with Crippen molar-refractivity contribution in [2.75, 3.05) is 6.61 Å². The van der Waals surface area contributed by atoms with E-state index in [0.717, 1.165) is 33.6 Å². The molecule has 0 aliphatic heterocycles. The molecule has 0 aromatic heterocycles. The zero-order chi connectivity index (χ0) is 26.8. The number of carbonyl (C=O) groups excluding carboxylic acids is 3. The quantitative estimate of drug-likeness (QED) is 0.200. The summed E-state index contributed by atoms with van der Waals surface area (Å²) in [4.78, 5) is 75.0. The van der Waals surface area contributed by atoms with Gasteiger partial charge in [-0.05, 0) is 6.42 Å². The van der Waals surface area contributed by atoms with Crippen LogP contribution in [0.4, 0.5) is 0 Å². The number of aliphatic hydroxyl groups is 1. The number of aliphatic hydroxyl groups excluding tert-OH is 1. The topological polar surface area (TPSA) is 183 Å². The van der Waals surface area contributed by atoms with Gasteiger partial charge in [-0.25, -0.2) is 0 Å². The van der Waals surface area contributed by atoms with E-state index in [9.17, 15) is 44.1 Å². The summed E-state index contributed by atoms with van der Waals surface area (Å²) in [7, 11) is 0. The Balaban J connectivity index is 0. The maximum atomic E-state index is 12.6. The van der Waals surface area contributed by atoms with Crippen molar-refractivity contribution in [3.63, 3.8) is 0 Å². The average Bonchev–Trinajstić information content (AvgIpc) is 2.70. The van der Waals surface area contributed by atoms with Crippen LogP contribution in [0.2, 0.25) is 11.2 Å². The second kappa shape index (κ2) is 13.7. The van der Waals surface area contributed by atoms with E-state index in [2.05, 4.69) is 6.92 Å². The molecule has 10 nitrogen and oxygen atoms in total. The molecule has 0 saturated heterocycles. The number of hydrogen-bond acceptors (Lipinski definition) is 7. The molecule has 33 heavy (non-hydrogen) atoms. The number of carboxylic acid groups (broad SMARTS) is 3. The van der Waals surface area contributed by atoms with Crippen LogP contribution in [0, 0.1) is 0 Å². The Morgan fingerprint density at radius 1 is 0.606 bits per heavy atom. The first-order chi connectivity index (χ1) is 15.1. The van der Waals surface area contributed by atoms with Gasteiger partial charge < -0.3 is 5.11 Å². The van der Waals surface area contributed by atoms with Gasteiger partial charge in [0.15, 0.2) is 0 Å². The molecule has 0 amide bonds. The third-order valence-corrected chi connectivity index (χ3v) is 14.6. The third kappa shape index (κ3) is 5.97. The molecule has 0 aliphatic rings. The van der Waals surface area contributed by atoms with Crippen molar-refractivity contribution in [2.45, 2.75) is 91.7 Å². The van der Waals surface area contributed by atoms with Crippen molar-refractivity contribution in [1.82, 2.24) is 0 Å².